The van der Waals surface area contributed by atoms with Crippen LogP contribution in [0.5, 0.6) is 0 Å². The molecular weight excluding hydrogens is 338 g/mol. The summed E-state index contributed by atoms with van der Waals surface area (Å²) in [7, 11) is 1.33. The number of nitrogens with zero attached hydrogens (tertiary/aromatic N) is 2. The van der Waals surface area contributed by atoms with Crippen molar-refractivity contribution in [1.82, 2.24) is 9.97 Å². The van der Waals surface area contributed by atoms with Crippen LogP contribution in [0.25, 0.3) is 0 Å². The molecule has 2 aromatic rings. The van der Waals surface area contributed by atoms with Crippen molar-refractivity contribution in [2.75, 3.05) is 18.7 Å². The molecule has 1 N–H and O–H groups in total. The largest absolute Gasteiger partial charge is 0.465 e. The number of hydrogen-bond acceptors (Lipinski definition) is 6. The lowest BCUT2D eigenvalue weighted by Gasteiger charge is -2.10. The molecule has 0 saturated carbocycles. The van der Waals surface area contributed by atoms with Crippen LogP contribution < -0.4 is 5.32 Å². The van der Waals surface area contributed by atoms with Crippen molar-refractivity contribution in [2.24, 2.45) is 0 Å². The molecule has 1 aromatic carbocycles. The third-order valence-corrected chi connectivity index (χ3v) is 4.32. The molecule has 1 heterocycles. The van der Waals surface area contributed by atoms with Gasteiger partial charge in [0.15, 0.2) is 5.16 Å². The second-order valence-corrected chi connectivity index (χ2v) is 6.25. The van der Waals surface area contributed by atoms with E-state index in [1.165, 1.54) is 18.9 Å². The van der Waals surface area contributed by atoms with E-state index in [0.29, 0.717) is 24.1 Å². The normalized spacial score (nSPS) is 10.4. The van der Waals surface area contributed by atoms with Gasteiger partial charge < -0.3 is 10.1 Å². The van der Waals surface area contributed by atoms with Gasteiger partial charge >= 0.3 is 5.97 Å². The van der Waals surface area contributed by atoms with E-state index in [0.717, 1.165) is 22.1 Å². The van der Waals surface area contributed by atoms with E-state index in [9.17, 15) is 9.59 Å². The highest BCUT2D eigenvalue weighted by molar-refractivity contribution is 7.98. The molecule has 0 bridgehead atoms. The predicted molar refractivity (Wildman–Crippen MR) is 98.0 cm³/mol. The Labute approximate surface area is 151 Å². The van der Waals surface area contributed by atoms with Gasteiger partial charge in [-0.25, -0.2) is 14.8 Å². The number of carbonyl (C=O) groups excluding carboxylic acids is 2. The number of ether oxygens (including phenoxy) is 1. The summed E-state index contributed by atoms with van der Waals surface area (Å²) in [5, 5.41) is 3.57. The van der Waals surface area contributed by atoms with Crippen molar-refractivity contribution >= 4 is 29.3 Å². The molecule has 0 atom stereocenters. The van der Waals surface area contributed by atoms with Crippen molar-refractivity contribution in [3.05, 3.63) is 46.8 Å². The fourth-order valence-electron chi connectivity index (χ4n) is 2.43. The number of anilines is 1. The topological polar surface area (TPSA) is 81.2 Å². The van der Waals surface area contributed by atoms with Crippen LogP contribution in [0.2, 0.25) is 0 Å². The number of aromatic nitrogens is 2. The number of carbonyl (C=O) groups is 2. The molecule has 0 saturated heterocycles. The van der Waals surface area contributed by atoms with E-state index >= 15 is 0 Å². The maximum atomic E-state index is 12.2. The molecule has 132 valence electrons. The maximum absolute atomic E-state index is 12.2. The molecule has 0 aliphatic carbocycles. The summed E-state index contributed by atoms with van der Waals surface area (Å²) in [5.74, 6) is -0.504. The Hall–Kier alpha value is -2.41. The molecule has 0 aliphatic heterocycles. The quantitative estimate of drug-likeness (QED) is 0.485. The lowest BCUT2D eigenvalue weighted by atomic mass is 10.1. The summed E-state index contributed by atoms with van der Waals surface area (Å²) < 4.78 is 4.64. The van der Waals surface area contributed by atoms with Gasteiger partial charge in [-0.3, -0.25) is 4.79 Å². The number of esters is 1. The molecule has 1 aromatic heterocycles. The predicted octanol–water partition coefficient (Wildman–Crippen LogP) is 3.17. The minimum absolute atomic E-state index is 0.0986. The zero-order valence-electron chi connectivity index (χ0n) is 14.8. The van der Waals surface area contributed by atoms with E-state index in [1.54, 1.807) is 24.3 Å². The molecule has 0 unspecified atom stereocenters. The average molecular weight is 359 g/mol. The monoisotopic (exact) mass is 359 g/mol. The lowest BCUT2D eigenvalue weighted by molar-refractivity contribution is -0.116. The van der Waals surface area contributed by atoms with Gasteiger partial charge in [0.1, 0.15) is 0 Å². The Morgan fingerprint density at radius 2 is 1.72 bits per heavy atom. The van der Waals surface area contributed by atoms with Crippen molar-refractivity contribution in [1.29, 1.82) is 0 Å². The molecule has 6 nitrogen and oxygen atoms in total. The Morgan fingerprint density at radius 1 is 1.12 bits per heavy atom. The Kier molecular flexibility index (Phi) is 6.52. The Morgan fingerprint density at radius 3 is 2.24 bits per heavy atom. The smallest absolute Gasteiger partial charge is 0.337 e. The van der Waals surface area contributed by atoms with Crippen LogP contribution in [0, 0.1) is 13.8 Å². The number of hydrogen-bond donors (Lipinski definition) is 1. The Balaban J connectivity index is 1.96. The van der Waals surface area contributed by atoms with Gasteiger partial charge in [-0.2, -0.15) is 0 Å². The number of aryl methyl sites for hydroxylation is 2. The van der Waals surface area contributed by atoms with Gasteiger partial charge in [0.2, 0.25) is 5.91 Å². The van der Waals surface area contributed by atoms with Crippen LogP contribution in [-0.4, -0.2) is 35.2 Å². The molecule has 0 aliphatic rings. The summed E-state index contributed by atoms with van der Waals surface area (Å²) >= 11 is 1.50. The first-order chi connectivity index (χ1) is 11.9. The van der Waals surface area contributed by atoms with Crippen LogP contribution in [0.15, 0.2) is 29.4 Å². The van der Waals surface area contributed by atoms with E-state index in [4.69, 9.17) is 0 Å². The second kappa shape index (κ2) is 8.62. The van der Waals surface area contributed by atoms with E-state index in [-0.39, 0.29) is 5.91 Å². The van der Waals surface area contributed by atoms with Crippen LogP contribution in [0.3, 0.4) is 0 Å². The van der Waals surface area contributed by atoms with Gasteiger partial charge in [-0.05, 0) is 56.4 Å². The van der Waals surface area contributed by atoms with Crippen molar-refractivity contribution < 1.29 is 14.3 Å². The van der Waals surface area contributed by atoms with Gasteiger partial charge in [0, 0.05) is 23.5 Å². The van der Waals surface area contributed by atoms with Crippen molar-refractivity contribution in [2.45, 2.75) is 31.8 Å². The lowest BCUT2D eigenvalue weighted by Crippen LogP contribution is -2.14. The number of nitrogens with one attached hydrogen (secondary N) is 1. The highest BCUT2D eigenvalue weighted by Gasteiger charge is 2.11. The number of methoxy groups -OCH3 is 1. The summed E-state index contributed by atoms with van der Waals surface area (Å²) in [6, 6.07) is 6.59. The molecule has 1 amide bonds. The summed E-state index contributed by atoms with van der Waals surface area (Å²) in [4.78, 5) is 32.4. The molecule has 7 heteroatoms. The first-order valence-electron chi connectivity index (χ1n) is 7.81. The van der Waals surface area contributed by atoms with Crippen LogP contribution in [0.4, 0.5) is 5.69 Å². The van der Waals surface area contributed by atoms with Gasteiger partial charge in [0.25, 0.3) is 0 Å². The first-order valence-corrected chi connectivity index (χ1v) is 9.03. The minimum Gasteiger partial charge on any atom is -0.465 e. The van der Waals surface area contributed by atoms with Crippen LogP contribution >= 0.6 is 11.8 Å². The van der Waals surface area contributed by atoms with E-state index in [2.05, 4.69) is 20.0 Å². The van der Waals surface area contributed by atoms with Crippen LogP contribution in [-0.2, 0) is 16.0 Å². The van der Waals surface area contributed by atoms with Gasteiger partial charge in [-0.1, -0.05) is 11.8 Å². The van der Waals surface area contributed by atoms with Gasteiger partial charge in [0.05, 0.1) is 12.7 Å². The summed E-state index contributed by atoms with van der Waals surface area (Å²) in [6.07, 6.45) is 2.85. The molecule has 2 rings (SSSR count). The summed E-state index contributed by atoms with van der Waals surface area (Å²) in [5.41, 5.74) is 3.91. The average Bonchev–Trinajstić information content (AvgIpc) is 2.60. The molecule has 0 fully saturated rings. The van der Waals surface area contributed by atoms with Crippen LogP contribution in [0.1, 0.15) is 33.7 Å². The number of rotatable bonds is 6. The maximum Gasteiger partial charge on any atom is 0.337 e. The number of amides is 1. The number of thioether (sulfide) groups is 1. The van der Waals surface area contributed by atoms with Gasteiger partial charge in [-0.15, -0.1) is 0 Å². The molecule has 0 radical (unpaired) electrons. The fraction of sp³-hybridized carbons (Fsp3) is 0.333. The SMILES string of the molecule is COC(=O)c1ccc(NC(=O)CCc2c(C)nc(SC)nc2C)cc1. The first kappa shape index (κ1) is 18.9. The molecule has 0 spiro atoms. The Bertz CT molecular complexity index is 753. The zero-order valence-corrected chi connectivity index (χ0v) is 15.6. The van der Waals surface area contributed by atoms with Crippen molar-refractivity contribution in [3.8, 4) is 0 Å². The van der Waals surface area contributed by atoms with E-state index in [1.807, 2.05) is 20.1 Å². The highest BCUT2D eigenvalue weighted by atomic mass is 32.2. The third-order valence-electron chi connectivity index (χ3n) is 3.77. The molecule has 25 heavy (non-hydrogen) atoms. The standard InChI is InChI=1S/C18H21N3O3S/c1-11-15(12(2)20-18(19-11)25-4)9-10-16(22)21-14-7-5-13(6-8-14)17(23)24-3/h5-8H,9-10H2,1-4H3,(H,21,22). The third kappa shape index (κ3) is 5.03. The highest BCUT2D eigenvalue weighted by Crippen LogP contribution is 2.17. The fourth-order valence-corrected chi connectivity index (χ4v) is 2.89. The second-order valence-electron chi connectivity index (χ2n) is 5.48. The minimum atomic E-state index is -0.405. The van der Waals surface area contributed by atoms with Crippen molar-refractivity contribution in [3.63, 3.8) is 0 Å². The molecular formula is C18H21N3O3S. The number of benzene rings is 1. The summed E-state index contributed by atoms with van der Waals surface area (Å²) in [6.45, 7) is 3.88. The van der Waals surface area contributed by atoms with E-state index < -0.39 is 5.97 Å². The zero-order chi connectivity index (χ0) is 18.4.